The van der Waals surface area contributed by atoms with Gasteiger partial charge in [0.05, 0.1) is 15.6 Å². The van der Waals surface area contributed by atoms with E-state index in [-0.39, 0.29) is 18.8 Å². The van der Waals surface area contributed by atoms with Gasteiger partial charge in [0, 0.05) is 5.69 Å². The summed E-state index contributed by atoms with van der Waals surface area (Å²) in [6, 6.07) is 12.8. The Labute approximate surface area is 192 Å². The minimum absolute atomic E-state index is 0.0476. The van der Waals surface area contributed by atoms with Gasteiger partial charge in [-0.1, -0.05) is 19.1 Å². The van der Waals surface area contributed by atoms with Gasteiger partial charge in [-0.05, 0) is 86.7 Å². The zero-order valence-corrected chi connectivity index (χ0v) is 19.7. The van der Waals surface area contributed by atoms with Gasteiger partial charge < -0.3 is 14.8 Å². The Morgan fingerprint density at radius 3 is 2.30 bits per heavy atom. The van der Waals surface area contributed by atoms with Gasteiger partial charge in [-0.25, -0.2) is 4.79 Å². The highest BCUT2D eigenvalue weighted by molar-refractivity contribution is 9.11. The van der Waals surface area contributed by atoms with Gasteiger partial charge in [-0.2, -0.15) is 5.26 Å². The SMILES string of the molecule is CCOC(=O)COc1c(Br)cc(/C=C(\C#N)C(=O)Nc2ccc(CC)cc2)cc1Br. The first-order chi connectivity index (χ1) is 14.4. The van der Waals surface area contributed by atoms with Gasteiger partial charge in [-0.3, -0.25) is 4.79 Å². The fourth-order valence-electron chi connectivity index (χ4n) is 2.47. The van der Waals surface area contributed by atoms with Crippen LogP contribution in [-0.4, -0.2) is 25.1 Å². The molecule has 0 saturated heterocycles. The number of aryl methyl sites for hydroxylation is 1. The third kappa shape index (κ3) is 6.71. The predicted octanol–water partition coefficient (Wildman–Crippen LogP) is 5.26. The molecule has 30 heavy (non-hydrogen) atoms. The second kappa shape index (κ2) is 11.5. The largest absolute Gasteiger partial charge is 0.480 e. The first-order valence-electron chi connectivity index (χ1n) is 9.17. The minimum atomic E-state index is -0.503. The molecule has 0 aliphatic rings. The van der Waals surface area contributed by atoms with Crippen LogP contribution >= 0.6 is 31.9 Å². The maximum absolute atomic E-state index is 12.5. The Kier molecular flexibility index (Phi) is 9.09. The van der Waals surface area contributed by atoms with Gasteiger partial charge in [0.25, 0.3) is 5.91 Å². The second-order valence-electron chi connectivity index (χ2n) is 6.08. The normalized spacial score (nSPS) is 10.8. The van der Waals surface area contributed by atoms with E-state index in [4.69, 9.17) is 9.47 Å². The van der Waals surface area contributed by atoms with E-state index in [1.165, 1.54) is 6.08 Å². The summed E-state index contributed by atoms with van der Waals surface area (Å²) in [7, 11) is 0. The summed E-state index contributed by atoms with van der Waals surface area (Å²) in [5, 5.41) is 12.1. The number of hydrogen-bond acceptors (Lipinski definition) is 5. The first kappa shape index (κ1) is 23.6. The Hall–Kier alpha value is -2.63. The number of carbonyl (C=O) groups excluding carboxylic acids is 2. The average molecular weight is 536 g/mol. The van der Waals surface area contributed by atoms with Crippen molar-refractivity contribution in [2.24, 2.45) is 0 Å². The summed E-state index contributed by atoms with van der Waals surface area (Å²) in [4.78, 5) is 24.0. The molecule has 0 atom stereocenters. The maximum atomic E-state index is 12.5. The number of esters is 1. The number of benzene rings is 2. The van der Waals surface area contributed by atoms with Crippen LogP contribution in [0.2, 0.25) is 0 Å². The number of ether oxygens (including phenoxy) is 2. The Balaban J connectivity index is 2.17. The smallest absolute Gasteiger partial charge is 0.344 e. The number of halogens is 2. The van der Waals surface area contributed by atoms with Crippen LogP contribution in [0.4, 0.5) is 5.69 Å². The van der Waals surface area contributed by atoms with E-state index in [0.717, 1.165) is 12.0 Å². The average Bonchev–Trinajstić information content (AvgIpc) is 2.72. The maximum Gasteiger partial charge on any atom is 0.344 e. The lowest BCUT2D eigenvalue weighted by molar-refractivity contribution is -0.145. The molecule has 0 heterocycles. The number of carbonyl (C=O) groups is 2. The molecule has 2 rings (SSSR count). The Morgan fingerprint density at radius 1 is 1.13 bits per heavy atom. The van der Waals surface area contributed by atoms with Crippen molar-refractivity contribution in [1.82, 2.24) is 0 Å². The van der Waals surface area contributed by atoms with Crippen molar-refractivity contribution in [1.29, 1.82) is 5.26 Å². The molecule has 0 unspecified atom stereocenters. The van der Waals surface area contributed by atoms with Crippen molar-refractivity contribution in [2.45, 2.75) is 20.3 Å². The second-order valence-corrected chi connectivity index (χ2v) is 7.79. The number of nitrogens with zero attached hydrogens (tertiary/aromatic N) is 1. The number of amides is 1. The third-order valence-electron chi connectivity index (χ3n) is 3.96. The van der Waals surface area contributed by atoms with E-state index in [1.807, 2.05) is 25.1 Å². The van der Waals surface area contributed by atoms with Crippen LogP contribution in [-0.2, 0) is 20.7 Å². The molecule has 2 aromatic rings. The summed E-state index contributed by atoms with van der Waals surface area (Å²) < 4.78 is 11.4. The molecule has 6 nitrogen and oxygen atoms in total. The summed E-state index contributed by atoms with van der Waals surface area (Å²) in [6.45, 7) is 3.81. The van der Waals surface area contributed by atoms with Crippen LogP contribution < -0.4 is 10.1 Å². The summed E-state index contributed by atoms with van der Waals surface area (Å²) in [5.74, 6) is -0.563. The van der Waals surface area contributed by atoms with Crippen LogP contribution in [0, 0.1) is 11.3 Å². The lowest BCUT2D eigenvalue weighted by Crippen LogP contribution is -2.15. The molecule has 0 aliphatic heterocycles. The molecular weight excluding hydrogens is 516 g/mol. The van der Waals surface area contributed by atoms with E-state index >= 15 is 0 Å². The fourth-order valence-corrected chi connectivity index (χ4v) is 3.92. The molecular formula is C22H20Br2N2O4. The third-order valence-corrected chi connectivity index (χ3v) is 5.13. The van der Waals surface area contributed by atoms with Crippen LogP contribution in [0.3, 0.4) is 0 Å². The van der Waals surface area contributed by atoms with E-state index in [0.29, 0.717) is 25.9 Å². The quantitative estimate of drug-likeness (QED) is 0.283. The minimum Gasteiger partial charge on any atom is -0.480 e. The standard InChI is InChI=1S/C22H20Br2N2O4/c1-3-14-5-7-17(8-6-14)26-22(28)16(12-25)9-15-10-18(23)21(19(24)11-15)30-13-20(27)29-4-2/h5-11H,3-4,13H2,1-2H3,(H,26,28)/b16-9+. The van der Waals surface area contributed by atoms with Crippen molar-refractivity contribution in [3.8, 4) is 11.8 Å². The summed E-state index contributed by atoms with van der Waals surface area (Å²) in [6.07, 6.45) is 2.38. The van der Waals surface area contributed by atoms with E-state index in [9.17, 15) is 14.9 Å². The summed E-state index contributed by atoms with van der Waals surface area (Å²) in [5.41, 5.74) is 2.33. The molecule has 0 aliphatic carbocycles. The summed E-state index contributed by atoms with van der Waals surface area (Å²) >= 11 is 6.77. The lowest BCUT2D eigenvalue weighted by Gasteiger charge is -2.11. The van der Waals surface area contributed by atoms with Crippen LogP contribution in [0.25, 0.3) is 6.08 Å². The molecule has 0 spiro atoms. The molecule has 0 radical (unpaired) electrons. The molecule has 1 N–H and O–H groups in total. The monoisotopic (exact) mass is 534 g/mol. The molecule has 0 saturated carbocycles. The van der Waals surface area contributed by atoms with Gasteiger partial charge in [0.1, 0.15) is 17.4 Å². The highest BCUT2D eigenvalue weighted by Crippen LogP contribution is 2.35. The van der Waals surface area contributed by atoms with Crippen molar-refractivity contribution in [2.75, 3.05) is 18.5 Å². The van der Waals surface area contributed by atoms with Crippen molar-refractivity contribution < 1.29 is 19.1 Å². The van der Waals surface area contributed by atoms with E-state index in [2.05, 4.69) is 37.2 Å². The van der Waals surface area contributed by atoms with Gasteiger partial charge in [0.2, 0.25) is 0 Å². The number of anilines is 1. The first-order valence-corrected chi connectivity index (χ1v) is 10.8. The zero-order valence-electron chi connectivity index (χ0n) is 16.5. The molecule has 0 aromatic heterocycles. The van der Waals surface area contributed by atoms with Crippen molar-refractivity contribution >= 4 is 55.5 Å². The van der Waals surface area contributed by atoms with Crippen LogP contribution in [0.15, 0.2) is 50.9 Å². The molecule has 0 fully saturated rings. The molecule has 2 aromatic carbocycles. The Morgan fingerprint density at radius 2 is 1.77 bits per heavy atom. The van der Waals surface area contributed by atoms with Gasteiger partial charge >= 0.3 is 5.97 Å². The van der Waals surface area contributed by atoms with E-state index in [1.54, 1.807) is 31.2 Å². The Bertz CT molecular complexity index is 972. The van der Waals surface area contributed by atoms with E-state index < -0.39 is 11.9 Å². The molecule has 8 heteroatoms. The molecule has 156 valence electrons. The highest BCUT2D eigenvalue weighted by Gasteiger charge is 2.14. The zero-order chi connectivity index (χ0) is 22.1. The number of nitriles is 1. The molecule has 0 bridgehead atoms. The van der Waals surface area contributed by atoms with Crippen LogP contribution in [0.1, 0.15) is 25.0 Å². The number of hydrogen-bond donors (Lipinski definition) is 1. The van der Waals surface area contributed by atoms with Crippen molar-refractivity contribution in [3.05, 3.63) is 62.0 Å². The van der Waals surface area contributed by atoms with Crippen molar-refractivity contribution in [3.63, 3.8) is 0 Å². The van der Waals surface area contributed by atoms with Gasteiger partial charge in [0.15, 0.2) is 6.61 Å². The molecule has 1 amide bonds. The number of nitrogens with one attached hydrogen (secondary N) is 1. The number of rotatable bonds is 8. The topological polar surface area (TPSA) is 88.4 Å². The van der Waals surface area contributed by atoms with Gasteiger partial charge in [-0.15, -0.1) is 0 Å². The lowest BCUT2D eigenvalue weighted by atomic mass is 10.1. The highest BCUT2D eigenvalue weighted by atomic mass is 79.9. The predicted molar refractivity (Wildman–Crippen MR) is 122 cm³/mol. The fraction of sp³-hybridized carbons (Fsp3) is 0.227. The van der Waals surface area contributed by atoms with Crippen LogP contribution in [0.5, 0.6) is 5.75 Å².